The van der Waals surface area contributed by atoms with Gasteiger partial charge in [0.05, 0.1) is 5.41 Å². The molecule has 29 rings (SSSR count). The maximum absolute atomic E-state index is 6.36. The molecule has 1 nitrogen and oxygen atoms in total. The molecule has 0 aliphatic heterocycles. The van der Waals surface area contributed by atoms with Gasteiger partial charge in [0.25, 0.3) is 0 Å². The Morgan fingerprint density at radius 1 is 0.154 bits per heavy atom. The van der Waals surface area contributed by atoms with Crippen molar-refractivity contribution < 1.29 is 4.42 Å². The van der Waals surface area contributed by atoms with Crippen molar-refractivity contribution in [3.63, 3.8) is 0 Å². The number of rotatable bonds is 11. The average molecular weight is 1820 g/mol. The van der Waals surface area contributed by atoms with Gasteiger partial charge in [0.1, 0.15) is 11.2 Å². The Hall–Kier alpha value is -18.1. The number of fused-ring (bicyclic) bond motifs is 19. The summed E-state index contributed by atoms with van der Waals surface area (Å²) in [7, 11) is 0. The lowest BCUT2D eigenvalue weighted by molar-refractivity contribution is 0.661. The summed E-state index contributed by atoms with van der Waals surface area (Å²) in [4.78, 5) is 0. The summed E-state index contributed by atoms with van der Waals surface area (Å²) in [5.74, 6) is 0. The number of benzene rings is 26. The molecule has 1 heteroatoms. The third kappa shape index (κ3) is 13.9. The molecule has 1 heterocycles. The number of para-hydroxylation sites is 2. The van der Waals surface area contributed by atoms with Crippen molar-refractivity contribution in [2.75, 3.05) is 0 Å². The zero-order valence-corrected chi connectivity index (χ0v) is 79.2. The van der Waals surface area contributed by atoms with Gasteiger partial charge in [0.2, 0.25) is 0 Å². The van der Waals surface area contributed by atoms with Crippen LogP contribution in [-0.2, 0) is 10.8 Å². The molecule has 0 radical (unpaired) electrons. The van der Waals surface area contributed by atoms with E-state index < -0.39 is 5.41 Å². The van der Waals surface area contributed by atoms with Crippen LogP contribution in [0, 0.1) is 0 Å². The minimum atomic E-state index is -0.472. The minimum Gasteiger partial charge on any atom is -0.455 e. The zero-order chi connectivity index (χ0) is 94.8. The van der Waals surface area contributed by atoms with Gasteiger partial charge in [0.15, 0.2) is 0 Å². The molecule has 143 heavy (non-hydrogen) atoms. The van der Waals surface area contributed by atoms with Crippen LogP contribution in [0.3, 0.4) is 0 Å². The molecule has 27 aromatic rings. The van der Waals surface area contributed by atoms with E-state index in [0.29, 0.717) is 0 Å². The van der Waals surface area contributed by atoms with Crippen LogP contribution in [0.25, 0.3) is 241 Å². The fraction of sp³-hybridized carbons (Fsp3) is 0.0282. The summed E-state index contributed by atoms with van der Waals surface area (Å²) in [5.41, 5.74) is 36.8. The van der Waals surface area contributed by atoms with Crippen LogP contribution in [0.4, 0.5) is 0 Å². The highest BCUT2D eigenvalue weighted by molar-refractivity contribution is 6.29. The molecule has 1 aromatic heterocycles. The van der Waals surface area contributed by atoms with E-state index in [2.05, 4.69) is 536 Å². The minimum absolute atomic E-state index is 0.154. The first kappa shape index (κ1) is 84.2. The van der Waals surface area contributed by atoms with E-state index in [-0.39, 0.29) is 5.41 Å². The maximum atomic E-state index is 6.36. The van der Waals surface area contributed by atoms with E-state index in [4.69, 9.17) is 4.42 Å². The molecule has 2 aliphatic rings. The lowest BCUT2D eigenvalue weighted by atomic mass is 9.67. The fourth-order valence-corrected chi connectivity index (χ4v) is 24.3. The molecule has 0 saturated carbocycles. The molecular formula is C142H94O. The highest BCUT2D eigenvalue weighted by atomic mass is 16.3. The second-order valence-corrected chi connectivity index (χ2v) is 38.9. The third-order valence-electron chi connectivity index (χ3n) is 30.8. The van der Waals surface area contributed by atoms with Crippen molar-refractivity contribution in [2.24, 2.45) is 0 Å². The Balaban J connectivity index is 0.000000107. The van der Waals surface area contributed by atoms with Gasteiger partial charge >= 0.3 is 0 Å². The molecule has 0 fully saturated rings. The van der Waals surface area contributed by atoms with E-state index >= 15 is 0 Å². The van der Waals surface area contributed by atoms with Crippen molar-refractivity contribution in [3.05, 3.63) is 567 Å². The molecule has 0 N–H and O–H groups in total. The molecule has 0 spiro atoms. The van der Waals surface area contributed by atoms with Gasteiger partial charge in [-0.1, -0.05) is 499 Å². The van der Waals surface area contributed by atoms with Gasteiger partial charge in [-0.3, -0.25) is 0 Å². The second kappa shape index (κ2) is 34.5. The van der Waals surface area contributed by atoms with E-state index in [9.17, 15) is 0 Å². The van der Waals surface area contributed by atoms with Gasteiger partial charge < -0.3 is 4.42 Å². The first-order valence-electron chi connectivity index (χ1n) is 49.8. The lowest BCUT2D eigenvalue weighted by Gasteiger charge is -2.34. The van der Waals surface area contributed by atoms with Gasteiger partial charge in [0, 0.05) is 21.8 Å². The van der Waals surface area contributed by atoms with E-state index in [0.717, 1.165) is 33.1 Å². The lowest BCUT2D eigenvalue weighted by Crippen LogP contribution is -2.28. The summed E-state index contributed by atoms with van der Waals surface area (Å²) >= 11 is 0. The molecule has 0 unspecified atom stereocenters. The first-order chi connectivity index (χ1) is 70.7. The third-order valence-corrected chi connectivity index (χ3v) is 30.8. The number of hydrogen-bond acceptors (Lipinski definition) is 1. The van der Waals surface area contributed by atoms with Crippen LogP contribution in [0.1, 0.15) is 47.2 Å². The molecule has 0 atom stereocenters. The molecule has 0 saturated heterocycles. The van der Waals surface area contributed by atoms with Gasteiger partial charge in [-0.05, 0) is 296 Å². The molecule has 26 aromatic carbocycles. The summed E-state index contributed by atoms with van der Waals surface area (Å²) in [6.45, 7) is 4.80. The highest BCUT2D eigenvalue weighted by Gasteiger charge is 2.47. The first-order valence-corrected chi connectivity index (χ1v) is 49.8. The quantitative estimate of drug-likeness (QED) is 0.0929. The van der Waals surface area contributed by atoms with Crippen molar-refractivity contribution in [3.8, 4) is 122 Å². The molecule has 0 bridgehead atoms. The van der Waals surface area contributed by atoms with Crippen LogP contribution in [0.15, 0.2) is 538 Å². The SMILES string of the molecule is CC1(C)c2cc(-c3ccccc3)ccc2-c2cc3c(-c4ccc5ccccc5c4)c4ccccc4c(-c4ccc5ccccc5c4)c3cc21.c1ccc(-c2c3ccccc3c(-c3ccc(-c4cccc5c4oc4ccccc45)cc3)c3ccc4ccccc4c23)cc1.c1ccc(-c2ccc(-c3c4ccccc4c(-c4ccccc4)c4cc5c(cc34)-c3ccccc3C5(c3ccccc3)c3ccccc3)cc2)cc1. The van der Waals surface area contributed by atoms with E-state index in [1.165, 1.54) is 242 Å². The molecular weight excluding hydrogens is 1720 g/mol. The van der Waals surface area contributed by atoms with Crippen molar-refractivity contribution in [1.82, 2.24) is 0 Å². The van der Waals surface area contributed by atoms with Gasteiger partial charge in [-0.15, -0.1) is 0 Å². The summed E-state index contributed by atoms with van der Waals surface area (Å²) in [6.07, 6.45) is 0. The topological polar surface area (TPSA) is 13.1 Å². The fourth-order valence-electron chi connectivity index (χ4n) is 24.3. The van der Waals surface area contributed by atoms with Crippen molar-refractivity contribution >= 4 is 119 Å². The standard InChI is InChI=1S/C51H34.C49H34.C42H26O/c1-5-17-35(18-6-1)36-29-31-38(32-30-36)50-43-27-14-13-26-42(43)49(37-19-7-2-8-20-37)46-34-48-44(33-45(46)50)41-25-15-16-28-47(41)51(48,39-21-9-3-10-22-39)40-23-11-4-12-24-40;1-49(2)45-28-36(31-12-4-3-5-13-31)24-25-39(45)42-29-43-44(30-46(42)49)48(38-23-21-33-15-7-9-17-35(33)27-38)41-19-11-10-18-40(41)47(43)37-22-20-32-14-6-8-16-34(32)26-37;1-2-12-29(13-3-1)40-35-17-7-6-16-34(35)39(37-26-25-27-11-4-5-14-31(27)41(37)40)30-23-21-28(22-24-30)32-18-10-19-36-33-15-8-9-20-38(33)43-42(32)36/h1-34H;3-30H,1-2H3;1-26H. The summed E-state index contributed by atoms with van der Waals surface area (Å²) < 4.78 is 6.36. The van der Waals surface area contributed by atoms with Crippen LogP contribution in [0.5, 0.6) is 0 Å². The van der Waals surface area contributed by atoms with Crippen molar-refractivity contribution in [1.29, 1.82) is 0 Å². The van der Waals surface area contributed by atoms with Crippen LogP contribution >= 0.6 is 0 Å². The van der Waals surface area contributed by atoms with Gasteiger partial charge in [-0.2, -0.15) is 0 Å². The molecule has 0 amide bonds. The van der Waals surface area contributed by atoms with Gasteiger partial charge in [-0.25, -0.2) is 0 Å². The van der Waals surface area contributed by atoms with E-state index in [1.54, 1.807) is 0 Å². The monoisotopic (exact) mass is 1810 g/mol. The maximum Gasteiger partial charge on any atom is 0.143 e. The molecule has 668 valence electrons. The predicted molar refractivity (Wildman–Crippen MR) is 608 cm³/mol. The number of hydrogen-bond donors (Lipinski definition) is 0. The Bertz CT molecular complexity index is 9700. The Morgan fingerprint density at radius 2 is 0.483 bits per heavy atom. The largest absolute Gasteiger partial charge is 0.455 e. The number of furan rings is 1. The Morgan fingerprint density at radius 3 is 1.02 bits per heavy atom. The molecule has 2 aliphatic carbocycles. The van der Waals surface area contributed by atoms with Crippen molar-refractivity contribution in [2.45, 2.75) is 24.7 Å². The Labute approximate surface area is 831 Å². The van der Waals surface area contributed by atoms with Crippen LogP contribution in [-0.4, -0.2) is 0 Å². The average Bonchev–Trinajstić information content (AvgIpc) is 1.51. The summed E-state index contributed by atoms with van der Waals surface area (Å²) in [6, 6.07) is 196. The predicted octanol–water partition coefficient (Wildman–Crippen LogP) is 39.0. The normalized spacial score (nSPS) is 12.7. The second-order valence-electron chi connectivity index (χ2n) is 38.9. The summed E-state index contributed by atoms with van der Waals surface area (Å²) in [5, 5.41) is 25.2. The van der Waals surface area contributed by atoms with Crippen LogP contribution in [0.2, 0.25) is 0 Å². The zero-order valence-electron chi connectivity index (χ0n) is 79.2. The smallest absolute Gasteiger partial charge is 0.143 e. The highest BCUT2D eigenvalue weighted by Crippen LogP contribution is 2.61. The Kier molecular flexibility index (Phi) is 20.3. The van der Waals surface area contributed by atoms with E-state index in [1.807, 2.05) is 12.1 Å². The van der Waals surface area contributed by atoms with Crippen LogP contribution < -0.4 is 0 Å².